The highest BCUT2D eigenvalue weighted by atomic mass is 32.1. The van der Waals surface area contributed by atoms with Crippen molar-refractivity contribution >= 4 is 11.3 Å². The van der Waals surface area contributed by atoms with Crippen LogP contribution in [0.25, 0.3) is 0 Å². The number of rotatable bonds is 7. The summed E-state index contributed by atoms with van der Waals surface area (Å²) in [6.45, 7) is 3.05. The molecule has 1 unspecified atom stereocenters. The lowest BCUT2D eigenvalue weighted by Gasteiger charge is -2.16. The van der Waals surface area contributed by atoms with Crippen LogP contribution in [0.3, 0.4) is 0 Å². The van der Waals surface area contributed by atoms with Crippen molar-refractivity contribution in [3.05, 3.63) is 51.7 Å². The third-order valence-corrected chi connectivity index (χ3v) is 4.55. The van der Waals surface area contributed by atoms with Crippen molar-refractivity contribution in [2.24, 2.45) is 5.92 Å². The fourth-order valence-corrected chi connectivity index (χ4v) is 3.22. The van der Waals surface area contributed by atoms with Crippen molar-refractivity contribution in [1.29, 1.82) is 0 Å². The molecule has 4 heteroatoms. The van der Waals surface area contributed by atoms with E-state index >= 15 is 0 Å². The molecule has 0 fully saturated rings. The van der Waals surface area contributed by atoms with E-state index in [1.54, 1.807) is 23.5 Å². The molecular weight excluding hydrogens is 271 g/mol. The SMILES string of the molecule is CNCC(CCc1scnc1C)Cc1ccc(F)cc1. The molecule has 0 saturated carbocycles. The van der Waals surface area contributed by atoms with Gasteiger partial charge < -0.3 is 5.32 Å². The standard InChI is InChI=1S/C16H21FN2S/c1-12-16(20-11-19-12)8-5-14(10-18-2)9-13-3-6-15(17)7-4-13/h3-4,6-7,11,14,18H,5,8-10H2,1-2H3. The number of hydrogen-bond acceptors (Lipinski definition) is 3. The Labute approximate surface area is 124 Å². The molecule has 1 atom stereocenters. The van der Waals surface area contributed by atoms with Crippen LogP contribution in [0.4, 0.5) is 4.39 Å². The minimum Gasteiger partial charge on any atom is -0.319 e. The zero-order chi connectivity index (χ0) is 14.4. The third-order valence-electron chi connectivity index (χ3n) is 3.55. The second-order valence-corrected chi connectivity index (χ2v) is 6.09. The Balaban J connectivity index is 1.93. The van der Waals surface area contributed by atoms with Crippen molar-refractivity contribution in [3.8, 4) is 0 Å². The second-order valence-electron chi connectivity index (χ2n) is 5.15. The molecule has 1 aromatic carbocycles. The summed E-state index contributed by atoms with van der Waals surface area (Å²) in [5, 5.41) is 3.26. The first-order chi connectivity index (χ1) is 9.69. The zero-order valence-corrected chi connectivity index (χ0v) is 12.8. The molecule has 20 heavy (non-hydrogen) atoms. The van der Waals surface area contributed by atoms with Crippen LogP contribution in [-0.2, 0) is 12.8 Å². The summed E-state index contributed by atoms with van der Waals surface area (Å²) >= 11 is 1.74. The lowest BCUT2D eigenvalue weighted by atomic mass is 9.94. The Hall–Kier alpha value is -1.26. The van der Waals surface area contributed by atoms with Crippen molar-refractivity contribution in [1.82, 2.24) is 10.3 Å². The largest absolute Gasteiger partial charge is 0.319 e. The summed E-state index contributed by atoms with van der Waals surface area (Å²) in [5.74, 6) is 0.395. The Morgan fingerprint density at radius 2 is 2.05 bits per heavy atom. The summed E-state index contributed by atoms with van der Waals surface area (Å²) in [7, 11) is 1.98. The first kappa shape index (κ1) is 15.1. The van der Waals surface area contributed by atoms with Gasteiger partial charge in [0, 0.05) is 4.88 Å². The van der Waals surface area contributed by atoms with E-state index in [2.05, 4.69) is 17.2 Å². The monoisotopic (exact) mass is 292 g/mol. The number of benzene rings is 1. The van der Waals surface area contributed by atoms with Gasteiger partial charge in [-0.2, -0.15) is 0 Å². The molecule has 0 radical (unpaired) electrons. The van der Waals surface area contributed by atoms with E-state index in [1.807, 2.05) is 24.7 Å². The van der Waals surface area contributed by atoms with E-state index in [0.29, 0.717) is 5.92 Å². The van der Waals surface area contributed by atoms with Gasteiger partial charge in [-0.3, -0.25) is 0 Å². The highest BCUT2D eigenvalue weighted by molar-refractivity contribution is 7.09. The molecule has 1 heterocycles. The van der Waals surface area contributed by atoms with Gasteiger partial charge >= 0.3 is 0 Å². The van der Waals surface area contributed by atoms with Crippen molar-refractivity contribution in [2.75, 3.05) is 13.6 Å². The average molecular weight is 292 g/mol. The minimum atomic E-state index is -0.167. The molecule has 0 bridgehead atoms. The van der Waals surface area contributed by atoms with Gasteiger partial charge in [-0.05, 0) is 63.4 Å². The highest BCUT2D eigenvalue weighted by Gasteiger charge is 2.11. The number of hydrogen-bond donors (Lipinski definition) is 1. The van der Waals surface area contributed by atoms with Gasteiger partial charge in [-0.15, -0.1) is 11.3 Å². The van der Waals surface area contributed by atoms with Crippen LogP contribution in [0.5, 0.6) is 0 Å². The first-order valence-electron chi connectivity index (χ1n) is 6.97. The number of thiazole rings is 1. The molecule has 1 aromatic heterocycles. The molecule has 0 aliphatic carbocycles. The van der Waals surface area contributed by atoms with E-state index < -0.39 is 0 Å². The lowest BCUT2D eigenvalue weighted by Crippen LogP contribution is -2.21. The molecule has 108 valence electrons. The molecule has 1 N–H and O–H groups in total. The highest BCUT2D eigenvalue weighted by Crippen LogP contribution is 2.19. The van der Waals surface area contributed by atoms with Crippen LogP contribution < -0.4 is 5.32 Å². The van der Waals surface area contributed by atoms with Crippen LogP contribution in [0, 0.1) is 18.7 Å². The summed E-state index contributed by atoms with van der Waals surface area (Å²) < 4.78 is 12.9. The molecule has 2 aromatic rings. The Bertz CT molecular complexity index is 522. The van der Waals surface area contributed by atoms with E-state index in [-0.39, 0.29) is 5.82 Å². The number of nitrogens with one attached hydrogen (secondary N) is 1. The van der Waals surface area contributed by atoms with Crippen LogP contribution in [-0.4, -0.2) is 18.6 Å². The predicted molar refractivity (Wildman–Crippen MR) is 82.7 cm³/mol. The normalized spacial score (nSPS) is 12.6. The molecule has 0 aliphatic rings. The smallest absolute Gasteiger partial charge is 0.123 e. The molecule has 0 amide bonds. The maximum absolute atomic E-state index is 12.9. The Kier molecular flexibility index (Phi) is 5.68. The van der Waals surface area contributed by atoms with Gasteiger partial charge in [-0.1, -0.05) is 12.1 Å². The number of aryl methyl sites for hydroxylation is 2. The number of halogens is 1. The van der Waals surface area contributed by atoms with Crippen LogP contribution in [0.2, 0.25) is 0 Å². The van der Waals surface area contributed by atoms with Gasteiger partial charge in [-0.25, -0.2) is 9.37 Å². The number of aromatic nitrogens is 1. The Morgan fingerprint density at radius 3 is 2.65 bits per heavy atom. The average Bonchev–Trinajstić information content (AvgIpc) is 2.84. The van der Waals surface area contributed by atoms with E-state index in [1.165, 1.54) is 10.4 Å². The molecular formula is C16H21FN2S. The molecule has 2 nitrogen and oxygen atoms in total. The van der Waals surface area contributed by atoms with Gasteiger partial charge in [0.1, 0.15) is 5.82 Å². The molecule has 2 rings (SSSR count). The van der Waals surface area contributed by atoms with Gasteiger partial charge in [0.15, 0.2) is 0 Å². The van der Waals surface area contributed by atoms with Crippen molar-refractivity contribution in [2.45, 2.75) is 26.2 Å². The van der Waals surface area contributed by atoms with Gasteiger partial charge in [0.05, 0.1) is 11.2 Å². The van der Waals surface area contributed by atoms with E-state index in [4.69, 9.17) is 0 Å². The summed E-state index contributed by atoms with van der Waals surface area (Å²) in [5.41, 5.74) is 4.27. The Morgan fingerprint density at radius 1 is 1.30 bits per heavy atom. The summed E-state index contributed by atoms with van der Waals surface area (Å²) in [4.78, 5) is 5.68. The molecule has 0 aliphatic heterocycles. The minimum absolute atomic E-state index is 0.167. The topological polar surface area (TPSA) is 24.9 Å². The van der Waals surface area contributed by atoms with Crippen LogP contribution >= 0.6 is 11.3 Å². The van der Waals surface area contributed by atoms with Crippen LogP contribution in [0.15, 0.2) is 29.8 Å². The first-order valence-corrected chi connectivity index (χ1v) is 7.85. The predicted octanol–water partition coefficient (Wildman–Crippen LogP) is 3.60. The quantitative estimate of drug-likeness (QED) is 0.843. The van der Waals surface area contributed by atoms with Crippen LogP contribution in [0.1, 0.15) is 22.6 Å². The lowest BCUT2D eigenvalue weighted by molar-refractivity contribution is 0.462. The van der Waals surface area contributed by atoms with Crippen molar-refractivity contribution in [3.63, 3.8) is 0 Å². The van der Waals surface area contributed by atoms with Gasteiger partial charge in [0.2, 0.25) is 0 Å². The summed E-state index contributed by atoms with van der Waals surface area (Å²) in [6, 6.07) is 6.85. The number of nitrogens with zero attached hydrogens (tertiary/aromatic N) is 1. The van der Waals surface area contributed by atoms with Gasteiger partial charge in [0.25, 0.3) is 0 Å². The van der Waals surface area contributed by atoms with E-state index in [0.717, 1.165) is 31.5 Å². The maximum atomic E-state index is 12.9. The fourth-order valence-electron chi connectivity index (χ4n) is 2.42. The second kappa shape index (κ2) is 7.50. The van der Waals surface area contributed by atoms with Crippen molar-refractivity contribution < 1.29 is 4.39 Å². The summed E-state index contributed by atoms with van der Waals surface area (Å²) in [6.07, 6.45) is 3.18. The fraction of sp³-hybridized carbons (Fsp3) is 0.438. The van der Waals surface area contributed by atoms with E-state index in [9.17, 15) is 4.39 Å². The molecule has 0 spiro atoms. The molecule has 0 saturated heterocycles. The zero-order valence-electron chi connectivity index (χ0n) is 12.0. The third kappa shape index (κ3) is 4.39. The maximum Gasteiger partial charge on any atom is 0.123 e.